The zero-order chi connectivity index (χ0) is 25.1. The number of fused-ring (bicyclic) bond motifs is 1. The minimum atomic E-state index is -0.830. The van der Waals surface area contributed by atoms with E-state index < -0.39 is 23.4 Å². The van der Waals surface area contributed by atoms with Gasteiger partial charge in [-0.1, -0.05) is 48.3 Å². The van der Waals surface area contributed by atoms with Crippen LogP contribution >= 0.6 is 11.3 Å². The zero-order valence-electron chi connectivity index (χ0n) is 19.4. The number of allylic oxidation sites excluding steroid dienone is 1. The van der Waals surface area contributed by atoms with Gasteiger partial charge in [0.2, 0.25) is 0 Å². The lowest BCUT2D eigenvalue weighted by Crippen LogP contribution is -2.39. The van der Waals surface area contributed by atoms with Gasteiger partial charge in [0, 0.05) is 5.56 Å². The molecule has 0 bridgehead atoms. The van der Waals surface area contributed by atoms with Gasteiger partial charge in [-0.25, -0.2) is 14.2 Å². The molecule has 7 nitrogen and oxygen atoms in total. The van der Waals surface area contributed by atoms with Crippen LogP contribution in [-0.2, 0) is 9.53 Å². The molecule has 4 rings (SSSR count). The number of benzene rings is 2. The number of esters is 1. The molecule has 1 aliphatic rings. The van der Waals surface area contributed by atoms with Crippen LogP contribution in [0.4, 0.5) is 4.39 Å². The summed E-state index contributed by atoms with van der Waals surface area (Å²) in [6, 6.07) is 10.5. The molecule has 9 heteroatoms. The Bertz CT molecular complexity index is 1520. The Morgan fingerprint density at radius 3 is 2.69 bits per heavy atom. The molecule has 2 heterocycles. The molecule has 0 saturated heterocycles. The number of carbonyl (C=O) groups is 1. The molecule has 1 atom stereocenters. The SMILES string of the molecule is C=CCOc1ccc(C2C(C(=O)OC)=C(C)N=c3sc(=Cc4ccccc4F)c(=O)n32)cc1OC. The maximum atomic E-state index is 14.3. The van der Waals surface area contributed by atoms with Crippen molar-refractivity contribution < 1.29 is 23.4 Å². The smallest absolute Gasteiger partial charge is 0.338 e. The summed E-state index contributed by atoms with van der Waals surface area (Å²) >= 11 is 1.12. The van der Waals surface area contributed by atoms with Crippen molar-refractivity contribution in [2.75, 3.05) is 20.8 Å². The quantitative estimate of drug-likeness (QED) is 0.373. The number of hydrogen-bond donors (Lipinski definition) is 0. The molecule has 3 aromatic rings. The summed E-state index contributed by atoms with van der Waals surface area (Å²) in [7, 11) is 2.78. The van der Waals surface area contributed by atoms with Gasteiger partial charge in [0.25, 0.3) is 5.56 Å². The van der Waals surface area contributed by atoms with E-state index in [1.807, 2.05) is 0 Å². The van der Waals surface area contributed by atoms with E-state index in [2.05, 4.69) is 11.6 Å². The average molecular weight is 495 g/mol. The van der Waals surface area contributed by atoms with Crippen LogP contribution in [0.2, 0.25) is 0 Å². The van der Waals surface area contributed by atoms with Gasteiger partial charge in [-0.2, -0.15) is 0 Å². The molecule has 0 N–H and O–H groups in total. The third-order valence-electron chi connectivity index (χ3n) is 5.48. The van der Waals surface area contributed by atoms with Gasteiger partial charge in [0.05, 0.1) is 36.1 Å². The van der Waals surface area contributed by atoms with Gasteiger partial charge in [-0.3, -0.25) is 9.36 Å². The Morgan fingerprint density at radius 2 is 2.00 bits per heavy atom. The van der Waals surface area contributed by atoms with E-state index in [0.717, 1.165) is 11.3 Å². The number of hydrogen-bond acceptors (Lipinski definition) is 7. The Labute approximate surface area is 204 Å². The lowest BCUT2D eigenvalue weighted by molar-refractivity contribution is -0.136. The van der Waals surface area contributed by atoms with Crippen LogP contribution in [0.1, 0.15) is 24.1 Å². The van der Waals surface area contributed by atoms with Crippen molar-refractivity contribution in [3.8, 4) is 11.5 Å². The fraction of sp³-hybridized carbons (Fsp3) is 0.192. The molecule has 1 unspecified atom stereocenters. The molecule has 0 spiro atoms. The number of thiazole rings is 1. The fourth-order valence-corrected chi connectivity index (χ4v) is 4.90. The molecule has 0 aliphatic carbocycles. The van der Waals surface area contributed by atoms with Gasteiger partial charge in [0.1, 0.15) is 12.4 Å². The third-order valence-corrected chi connectivity index (χ3v) is 6.46. The highest BCUT2D eigenvalue weighted by Gasteiger charge is 2.33. The van der Waals surface area contributed by atoms with Crippen LogP contribution in [0.5, 0.6) is 11.5 Å². The summed E-state index contributed by atoms with van der Waals surface area (Å²) in [6.45, 7) is 5.62. The number of aromatic nitrogens is 1. The van der Waals surface area contributed by atoms with E-state index in [9.17, 15) is 14.0 Å². The minimum absolute atomic E-state index is 0.221. The van der Waals surface area contributed by atoms with E-state index in [-0.39, 0.29) is 22.3 Å². The van der Waals surface area contributed by atoms with Crippen LogP contribution in [0.25, 0.3) is 6.08 Å². The van der Waals surface area contributed by atoms with Crippen LogP contribution in [-0.4, -0.2) is 31.4 Å². The normalized spacial score (nSPS) is 15.3. The minimum Gasteiger partial charge on any atom is -0.493 e. The summed E-state index contributed by atoms with van der Waals surface area (Å²) in [5.74, 6) is -0.133. The maximum Gasteiger partial charge on any atom is 0.338 e. The van der Waals surface area contributed by atoms with Crippen LogP contribution in [0, 0.1) is 5.82 Å². The average Bonchev–Trinajstić information content (AvgIpc) is 3.17. The molecule has 0 fully saturated rings. The van der Waals surface area contributed by atoms with Gasteiger partial charge < -0.3 is 14.2 Å². The number of nitrogens with zero attached hydrogens (tertiary/aromatic N) is 2. The first-order valence-electron chi connectivity index (χ1n) is 10.7. The largest absolute Gasteiger partial charge is 0.493 e. The Kier molecular flexibility index (Phi) is 6.97. The maximum absolute atomic E-state index is 14.3. The summed E-state index contributed by atoms with van der Waals surface area (Å²) in [6.07, 6.45) is 3.10. The monoisotopic (exact) mass is 494 g/mol. The standard InChI is InChI=1S/C26H23FN2O5S/c1-5-12-34-19-11-10-17(13-20(19)32-3)23-22(25(31)33-4)15(2)28-26-29(23)24(30)21(35-26)14-16-8-6-7-9-18(16)27/h5-11,13-14,23H,1,12H2,2-4H3. The van der Waals surface area contributed by atoms with Crippen molar-refractivity contribution in [1.82, 2.24) is 4.57 Å². The Balaban J connectivity index is 1.95. The molecule has 180 valence electrons. The van der Waals surface area contributed by atoms with Crippen LogP contribution < -0.4 is 24.4 Å². The lowest BCUT2D eigenvalue weighted by atomic mass is 9.95. The van der Waals surface area contributed by atoms with Crippen molar-refractivity contribution in [2.45, 2.75) is 13.0 Å². The molecule has 0 saturated carbocycles. The number of carbonyl (C=O) groups excluding carboxylic acids is 1. The van der Waals surface area contributed by atoms with Gasteiger partial charge in [-0.05, 0) is 36.8 Å². The van der Waals surface area contributed by atoms with Gasteiger partial charge >= 0.3 is 5.97 Å². The highest BCUT2D eigenvalue weighted by molar-refractivity contribution is 7.07. The molecule has 0 radical (unpaired) electrons. The van der Waals surface area contributed by atoms with E-state index in [4.69, 9.17) is 14.2 Å². The number of rotatable bonds is 7. The fourth-order valence-electron chi connectivity index (χ4n) is 3.86. The van der Waals surface area contributed by atoms with Crippen molar-refractivity contribution >= 4 is 23.4 Å². The predicted molar refractivity (Wildman–Crippen MR) is 131 cm³/mol. The van der Waals surface area contributed by atoms with E-state index >= 15 is 0 Å². The summed E-state index contributed by atoms with van der Waals surface area (Å²) in [5.41, 5.74) is 1.12. The number of methoxy groups -OCH3 is 2. The van der Waals surface area contributed by atoms with Crippen molar-refractivity contribution in [1.29, 1.82) is 0 Å². The highest BCUT2D eigenvalue weighted by atomic mass is 32.1. The summed E-state index contributed by atoms with van der Waals surface area (Å²) < 4.78 is 32.1. The lowest BCUT2D eigenvalue weighted by Gasteiger charge is -2.25. The van der Waals surface area contributed by atoms with E-state index in [1.54, 1.807) is 49.4 Å². The first-order valence-corrected chi connectivity index (χ1v) is 11.5. The second-order valence-corrected chi connectivity index (χ2v) is 8.61. The first kappa shape index (κ1) is 24.2. The molecule has 1 aromatic heterocycles. The third kappa shape index (κ3) is 4.54. The Hall–Kier alpha value is -3.98. The zero-order valence-corrected chi connectivity index (χ0v) is 20.2. The van der Waals surface area contributed by atoms with Crippen LogP contribution in [0.3, 0.4) is 0 Å². The molecular formula is C26H23FN2O5S. The van der Waals surface area contributed by atoms with Crippen LogP contribution in [0.15, 0.2) is 76.2 Å². The molecular weight excluding hydrogens is 471 g/mol. The van der Waals surface area contributed by atoms with Crippen molar-refractivity contribution in [2.24, 2.45) is 4.99 Å². The summed E-state index contributed by atoms with van der Waals surface area (Å²) in [5, 5.41) is 0. The van der Waals surface area contributed by atoms with Crippen molar-refractivity contribution in [3.63, 3.8) is 0 Å². The molecule has 35 heavy (non-hydrogen) atoms. The second-order valence-electron chi connectivity index (χ2n) is 7.60. The Morgan fingerprint density at radius 1 is 1.23 bits per heavy atom. The van der Waals surface area contributed by atoms with E-state index in [0.29, 0.717) is 27.6 Å². The number of ether oxygens (including phenoxy) is 3. The molecule has 1 aliphatic heterocycles. The van der Waals surface area contributed by atoms with E-state index in [1.165, 1.54) is 30.9 Å². The topological polar surface area (TPSA) is 79.1 Å². The predicted octanol–water partition coefficient (Wildman–Crippen LogP) is 3.12. The second kappa shape index (κ2) is 10.1. The molecule has 0 amide bonds. The van der Waals surface area contributed by atoms with Crippen molar-refractivity contribution in [3.05, 3.63) is 103 Å². The summed E-state index contributed by atoms with van der Waals surface area (Å²) in [4.78, 5) is 31.3. The first-order chi connectivity index (χ1) is 16.9. The van der Waals surface area contributed by atoms with Gasteiger partial charge in [0.15, 0.2) is 16.3 Å². The van der Waals surface area contributed by atoms with Gasteiger partial charge in [-0.15, -0.1) is 0 Å². The highest BCUT2D eigenvalue weighted by Crippen LogP contribution is 2.36. The number of halogens is 1. The molecule has 2 aromatic carbocycles.